The van der Waals surface area contributed by atoms with Gasteiger partial charge in [-0.1, -0.05) is 34.5 Å². The summed E-state index contributed by atoms with van der Waals surface area (Å²) in [7, 11) is 1.47. The summed E-state index contributed by atoms with van der Waals surface area (Å²) in [4.78, 5) is 52.3. The number of methoxy groups -OCH3 is 1. The number of halogens is 3. The zero-order valence-corrected chi connectivity index (χ0v) is 22.8. The Morgan fingerprint density at radius 3 is 2.47 bits per heavy atom. The summed E-state index contributed by atoms with van der Waals surface area (Å²) in [5, 5.41) is 10.9. The van der Waals surface area contributed by atoms with Crippen LogP contribution in [-0.2, 0) is 19.2 Å². The molecule has 4 aliphatic rings. The average Bonchev–Trinajstić information content (AvgIpc) is 3.18. The minimum absolute atomic E-state index is 0.0840. The summed E-state index contributed by atoms with van der Waals surface area (Å²) in [6.07, 6.45) is 2.67. The highest BCUT2D eigenvalue weighted by Gasteiger charge is 2.76. The van der Waals surface area contributed by atoms with Crippen LogP contribution in [0.5, 0.6) is 11.5 Å². The Labute approximate surface area is 226 Å². The van der Waals surface area contributed by atoms with Crippen LogP contribution in [0, 0.1) is 17.8 Å². The number of hydrogen-bond acceptors (Lipinski definition) is 6. The van der Waals surface area contributed by atoms with Crippen molar-refractivity contribution in [2.45, 2.75) is 41.9 Å². The van der Waals surface area contributed by atoms with Crippen molar-refractivity contribution in [3.05, 3.63) is 35.4 Å². The number of phenols is 1. The fraction of sp³-hybridized carbons (Fsp3) is 0.520. The van der Waals surface area contributed by atoms with Gasteiger partial charge in [0.2, 0.25) is 11.8 Å². The van der Waals surface area contributed by atoms with Gasteiger partial charge in [-0.2, -0.15) is 0 Å². The first-order valence-electron chi connectivity index (χ1n) is 11.8. The number of phenolic OH excluding ortho intramolecular Hbond substituents is 1. The Morgan fingerprint density at radius 1 is 1.11 bits per heavy atom. The quantitative estimate of drug-likeness (QED) is 0.240. The van der Waals surface area contributed by atoms with E-state index in [1.807, 2.05) is 13.0 Å². The van der Waals surface area contributed by atoms with Crippen LogP contribution in [0.3, 0.4) is 0 Å². The van der Waals surface area contributed by atoms with Gasteiger partial charge in [0.05, 0.1) is 24.4 Å². The topological polar surface area (TPSA) is 104 Å². The second kappa shape index (κ2) is 8.74. The number of ether oxygens (including phenoxy) is 1. The fourth-order valence-electron chi connectivity index (χ4n) is 6.50. The van der Waals surface area contributed by atoms with Gasteiger partial charge in [0.1, 0.15) is 11.5 Å². The van der Waals surface area contributed by atoms with Crippen molar-refractivity contribution in [1.82, 2.24) is 9.80 Å². The van der Waals surface area contributed by atoms with Gasteiger partial charge in [-0.25, -0.2) is 0 Å². The zero-order chi connectivity index (χ0) is 26.2. The fourth-order valence-corrected chi connectivity index (χ4v) is 7.92. The molecule has 1 N–H and O–H groups in total. The number of alkyl halides is 3. The third kappa shape index (κ3) is 3.11. The Balaban J connectivity index is 1.74. The molecule has 2 aliphatic heterocycles. The smallest absolute Gasteiger partial charge is 0.254 e. The van der Waals surface area contributed by atoms with E-state index in [4.69, 9.17) is 27.9 Å². The van der Waals surface area contributed by atoms with E-state index in [0.29, 0.717) is 24.3 Å². The zero-order valence-electron chi connectivity index (χ0n) is 19.7. The summed E-state index contributed by atoms with van der Waals surface area (Å²) in [5.41, 5.74) is 0.786. The van der Waals surface area contributed by atoms with Crippen molar-refractivity contribution in [2.24, 2.45) is 17.8 Å². The summed E-state index contributed by atoms with van der Waals surface area (Å²) in [6.45, 7) is 2.20. The number of rotatable bonds is 5. The predicted molar refractivity (Wildman–Crippen MR) is 135 cm³/mol. The summed E-state index contributed by atoms with van der Waals surface area (Å²) in [6, 6.07) is 4.56. The van der Waals surface area contributed by atoms with Gasteiger partial charge in [-0.3, -0.25) is 29.0 Å². The second-order valence-electron chi connectivity index (χ2n) is 9.74. The Bertz CT molecular complexity index is 1220. The summed E-state index contributed by atoms with van der Waals surface area (Å²) < 4.78 is 5.36. The minimum atomic E-state index is -1.97. The number of likely N-dealkylation sites (tertiary alicyclic amines) is 2. The lowest BCUT2D eigenvalue weighted by Gasteiger charge is -2.50. The number of amides is 4. The standard InChI is InChI=1S/C25H25BrCl2N2O6/c1-3-8-29-20(32)14-6-5-13-16(18(14)21(29)33)10-24(27)22(34)30(11-26)23(35)25(24,28)19(13)15-9-12(36-2)4-7-17(15)31/h4-5,7,9,14,16,18-19,31H,3,6,8,10-11H2,1-2H3. The van der Waals surface area contributed by atoms with E-state index in [1.165, 1.54) is 18.1 Å². The monoisotopic (exact) mass is 598 g/mol. The number of benzene rings is 1. The highest BCUT2D eigenvalue weighted by Crippen LogP contribution is 2.66. The predicted octanol–water partition coefficient (Wildman–Crippen LogP) is 3.52. The second-order valence-corrected chi connectivity index (χ2v) is 11.5. The van der Waals surface area contributed by atoms with E-state index in [1.54, 1.807) is 12.1 Å². The SMILES string of the molecule is CCCN1C(=O)C2CC=C3C(CC4(Cl)C(=O)N(CBr)C(=O)C4(Cl)C3c3cc(OC)ccc3O)C2C1=O. The molecule has 1 saturated carbocycles. The average molecular weight is 600 g/mol. The molecule has 2 heterocycles. The Morgan fingerprint density at radius 2 is 1.83 bits per heavy atom. The number of imide groups is 2. The van der Waals surface area contributed by atoms with Crippen LogP contribution in [0.25, 0.3) is 0 Å². The van der Waals surface area contributed by atoms with Crippen molar-refractivity contribution in [2.75, 3.05) is 19.1 Å². The lowest BCUT2D eigenvalue weighted by atomic mass is 9.56. The molecule has 0 radical (unpaired) electrons. The molecule has 2 saturated heterocycles. The molecule has 6 unspecified atom stereocenters. The van der Waals surface area contributed by atoms with Gasteiger partial charge >= 0.3 is 0 Å². The summed E-state index contributed by atoms with van der Waals surface area (Å²) in [5.74, 6) is -4.57. The molecule has 2 aliphatic carbocycles. The summed E-state index contributed by atoms with van der Waals surface area (Å²) >= 11 is 17.5. The van der Waals surface area contributed by atoms with Gasteiger partial charge in [0, 0.05) is 18.0 Å². The van der Waals surface area contributed by atoms with Crippen LogP contribution in [0.15, 0.2) is 29.8 Å². The van der Waals surface area contributed by atoms with Crippen molar-refractivity contribution < 1.29 is 29.0 Å². The van der Waals surface area contributed by atoms with Crippen molar-refractivity contribution in [3.8, 4) is 11.5 Å². The van der Waals surface area contributed by atoms with E-state index in [-0.39, 0.29) is 41.4 Å². The molecule has 5 rings (SSSR count). The third-order valence-corrected chi connectivity index (χ3v) is 10.0. The first kappa shape index (κ1) is 25.5. The van der Waals surface area contributed by atoms with E-state index >= 15 is 0 Å². The van der Waals surface area contributed by atoms with E-state index < -0.39 is 45.2 Å². The molecule has 36 heavy (non-hydrogen) atoms. The number of fused-ring (bicyclic) bond motifs is 4. The van der Waals surface area contributed by atoms with Crippen LogP contribution in [-0.4, -0.2) is 67.4 Å². The molecule has 3 fully saturated rings. The van der Waals surface area contributed by atoms with Crippen LogP contribution >= 0.6 is 39.1 Å². The van der Waals surface area contributed by atoms with Crippen molar-refractivity contribution >= 4 is 62.8 Å². The number of hydrogen-bond donors (Lipinski definition) is 1. The molecule has 192 valence electrons. The molecule has 8 nitrogen and oxygen atoms in total. The Kier molecular flexibility index (Phi) is 6.20. The lowest BCUT2D eigenvalue weighted by Crippen LogP contribution is -2.60. The maximum Gasteiger partial charge on any atom is 0.254 e. The van der Waals surface area contributed by atoms with Gasteiger partial charge in [-0.15, -0.1) is 23.2 Å². The molecule has 4 amide bonds. The first-order valence-corrected chi connectivity index (χ1v) is 13.7. The number of allylic oxidation sites excluding steroid dienone is 2. The molecule has 1 aromatic rings. The van der Waals surface area contributed by atoms with Crippen LogP contribution in [0.1, 0.15) is 37.7 Å². The largest absolute Gasteiger partial charge is 0.508 e. The molecule has 6 atom stereocenters. The van der Waals surface area contributed by atoms with E-state index in [0.717, 1.165) is 4.90 Å². The first-order chi connectivity index (χ1) is 17.1. The van der Waals surface area contributed by atoms with Gasteiger partial charge in [-0.05, 0) is 43.4 Å². The van der Waals surface area contributed by atoms with E-state index in [9.17, 15) is 24.3 Å². The normalized spacial score (nSPS) is 35.5. The molecular weight excluding hydrogens is 575 g/mol. The number of carbonyl (C=O) groups excluding carboxylic acids is 4. The maximum absolute atomic E-state index is 13.7. The molecule has 0 bridgehead atoms. The van der Waals surface area contributed by atoms with Crippen LogP contribution in [0.4, 0.5) is 0 Å². The number of nitrogens with zero attached hydrogens (tertiary/aromatic N) is 2. The van der Waals surface area contributed by atoms with Crippen molar-refractivity contribution in [3.63, 3.8) is 0 Å². The minimum Gasteiger partial charge on any atom is -0.508 e. The van der Waals surface area contributed by atoms with Gasteiger partial charge in [0.15, 0.2) is 9.75 Å². The number of carbonyl (C=O) groups is 4. The molecule has 11 heteroatoms. The molecule has 0 aromatic heterocycles. The van der Waals surface area contributed by atoms with Crippen LogP contribution in [0.2, 0.25) is 0 Å². The van der Waals surface area contributed by atoms with Crippen LogP contribution < -0.4 is 4.74 Å². The molecular formula is C25H25BrCl2N2O6. The van der Waals surface area contributed by atoms with Gasteiger partial charge in [0.25, 0.3) is 11.8 Å². The highest BCUT2D eigenvalue weighted by molar-refractivity contribution is 9.09. The maximum atomic E-state index is 13.7. The number of aromatic hydroxyl groups is 1. The lowest BCUT2D eigenvalue weighted by molar-refractivity contribution is -0.141. The molecule has 1 aromatic carbocycles. The Hall–Kier alpha value is -2.10. The highest BCUT2D eigenvalue weighted by atomic mass is 79.9. The van der Waals surface area contributed by atoms with Crippen molar-refractivity contribution in [1.29, 1.82) is 0 Å². The van der Waals surface area contributed by atoms with Gasteiger partial charge < -0.3 is 9.84 Å². The third-order valence-electron chi connectivity index (χ3n) is 8.10. The van der Waals surface area contributed by atoms with E-state index in [2.05, 4.69) is 15.9 Å². The molecule has 0 spiro atoms.